The highest BCUT2D eigenvalue weighted by Gasteiger charge is 2.08. The normalized spacial score (nSPS) is 10.9. The van der Waals surface area contributed by atoms with Gasteiger partial charge in [0, 0.05) is 26.4 Å². The Kier molecular flexibility index (Phi) is 4.93. The Hall–Kier alpha value is -1.20. The monoisotopic (exact) mass is 369 g/mol. The molecule has 0 fully saturated rings. The van der Waals surface area contributed by atoms with Crippen LogP contribution in [0.1, 0.15) is 5.56 Å². The molecule has 1 aromatic heterocycles. The summed E-state index contributed by atoms with van der Waals surface area (Å²) in [7, 11) is 0. The summed E-state index contributed by atoms with van der Waals surface area (Å²) < 4.78 is 0. The van der Waals surface area contributed by atoms with Crippen molar-refractivity contribution in [1.29, 1.82) is 0 Å². The lowest BCUT2D eigenvalue weighted by Crippen LogP contribution is -1.84. The maximum Gasteiger partial charge on any atom is 0.209 e. The van der Waals surface area contributed by atoms with Gasteiger partial charge in [0.25, 0.3) is 0 Å². The van der Waals surface area contributed by atoms with Crippen molar-refractivity contribution in [3.8, 4) is 11.4 Å². The molecule has 3 aromatic rings. The molecule has 0 aliphatic carbocycles. The Morgan fingerprint density at radius 1 is 0.955 bits per heavy atom. The Labute approximate surface area is 147 Å². The highest BCUT2D eigenvalue weighted by Crippen LogP contribution is 2.28. The van der Waals surface area contributed by atoms with Gasteiger partial charge in [-0.15, -0.1) is 5.10 Å². The molecule has 112 valence electrons. The number of halogens is 3. The molecule has 0 bridgehead atoms. The van der Waals surface area contributed by atoms with E-state index in [2.05, 4.69) is 15.2 Å². The van der Waals surface area contributed by atoms with Gasteiger partial charge in [0.2, 0.25) is 5.16 Å². The van der Waals surface area contributed by atoms with Crippen LogP contribution in [0.25, 0.3) is 11.4 Å². The van der Waals surface area contributed by atoms with Gasteiger partial charge in [-0.3, -0.25) is 5.10 Å². The van der Waals surface area contributed by atoms with Gasteiger partial charge in [-0.25, -0.2) is 4.98 Å². The number of nitrogens with zero attached hydrogens (tertiary/aromatic N) is 2. The van der Waals surface area contributed by atoms with E-state index in [-0.39, 0.29) is 0 Å². The lowest BCUT2D eigenvalue weighted by molar-refractivity contribution is 0.973. The van der Waals surface area contributed by atoms with E-state index in [1.165, 1.54) is 11.8 Å². The smallest absolute Gasteiger partial charge is 0.209 e. The van der Waals surface area contributed by atoms with E-state index in [1.807, 2.05) is 36.4 Å². The van der Waals surface area contributed by atoms with E-state index in [9.17, 15) is 0 Å². The number of hydrogen-bond acceptors (Lipinski definition) is 3. The molecule has 0 saturated heterocycles. The molecule has 0 spiro atoms. The fraction of sp³-hybridized carbons (Fsp3) is 0.0667. The second-order valence-corrected chi connectivity index (χ2v) is 6.72. The van der Waals surface area contributed by atoms with E-state index in [0.717, 1.165) is 11.1 Å². The SMILES string of the molecule is Clc1ccc(-c2nc(SCc3ccc(Cl)cc3Cl)n[nH]2)cc1. The van der Waals surface area contributed by atoms with Crippen LogP contribution >= 0.6 is 46.6 Å². The molecule has 22 heavy (non-hydrogen) atoms. The second kappa shape index (κ2) is 6.92. The summed E-state index contributed by atoms with van der Waals surface area (Å²) in [6.07, 6.45) is 0. The van der Waals surface area contributed by atoms with Crippen LogP contribution in [0.3, 0.4) is 0 Å². The van der Waals surface area contributed by atoms with Gasteiger partial charge in [0.15, 0.2) is 5.82 Å². The first-order chi connectivity index (χ1) is 10.6. The van der Waals surface area contributed by atoms with Gasteiger partial charge in [-0.2, -0.15) is 0 Å². The van der Waals surface area contributed by atoms with Gasteiger partial charge >= 0.3 is 0 Å². The third kappa shape index (κ3) is 3.76. The zero-order valence-corrected chi connectivity index (χ0v) is 14.3. The number of hydrogen-bond donors (Lipinski definition) is 1. The van der Waals surface area contributed by atoms with E-state index >= 15 is 0 Å². The van der Waals surface area contributed by atoms with Gasteiger partial charge in [-0.05, 0) is 42.0 Å². The maximum absolute atomic E-state index is 6.15. The topological polar surface area (TPSA) is 41.6 Å². The summed E-state index contributed by atoms with van der Waals surface area (Å²) in [5, 5.41) is 9.75. The van der Waals surface area contributed by atoms with Crippen molar-refractivity contribution in [3.05, 3.63) is 63.1 Å². The second-order valence-electron chi connectivity index (χ2n) is 4.50. The summed E-state index contributed by atoms with van der Waals surface area (Å²) in [5.74, 6) is 1.38. The van der Waals surface area contributed by atoms with Crippen molar-refractivity contribution in [2.75, 3.05) is 0 Å². The van der Waals surface area contributed by atoms with Crippen LogP contribution < -0.4 is 0 Å². The molecule has 7 heteroatoms. The minimum absolute atomic E-state index is 0.627. The van der Waals surface area contributed by atoms with Crippen molar-refractivity contribution in [1.82, 2.24) is 15.2 Å². The van der Waals surface area contributed by atoms with Gasteiger partial charge < -0.3 is 0 Å². The highest BCUT2D eigenvalue weighted by atomic mass is 35.5. The summed E-state index contributed by atoms with van der Waals surface area (Å²) in [6.45, 7) is 0. The molecule has 3 nitrogen and oxygen atoms in total. The summed E-state index contributed by atoms with van der Waals surface area (Å²) >= 11 is 19.4. The molecule has 0 aliphatic rings. The highest BCUT2D eigenvalue weighted by molar-refractivity contribution is 7.98. The van der Waals surface area contributed by atoms with Crippen LogP contribution in [0.4, 0.5) is 0 Å². The molecule has 3 rings (SSSR count). The molecule has 0 radical (unpaired) electrons. The molecule has 1 N–H and O–H groups in total. The first-order valence-corrected chi connectivity index (χ1v) is 8.49. The molecular weight excluding hydrogens is 361 g/mol. The van der Waals surface area contributed by atoms with E-state index in [4.69, 9.17) is 34.8 Å². The van der Waals surface area contributed by atoms with E-state index in [0.29, 0.717) is 31.8 Å². The predicted molar refractivity (Wildman–Crippen MR) is 92.9 cm³/mol. The Bertz CT molecular complexity index is 787. The molecule has 0 atom stereocenters. The van der Waals surface area contributed by atoms with E-state index in [1.54, 1.807) is 6.07 Å². The van der Waals surface area contributed by atoms with Crippen LogP contribution in [0.5, 0.6) is 0 Å². The summed E-state index contributed by atoms with van der Waals surface area (Å²) in [6, 6.07) is 12.9. The number of aromatic nitrogens is 3. The zero-order valence-electron chi connectivity index (χ0n) is 11.2. The number of aromatic amines is 1. The Balaban J connectivity index is 1.70. The number of H-pyrrole nitrogens is 1. The van der Waals surface area contributed by atoms with Crippen LogP contribution in [-0.2, 0) is 5.75 Å². The predicted octanol–water partition coefficient (Wildman–Crippen LogP) is 5.72. The molecule has 2 aromatic carbocycles. The van der Waals surface area contributed by atoms with Crippen molar-refractivity contribution >= 4 is 46.6 Å². The average Bonchev–Trinajstić information content (AvgIpc) is 2.96. The molecule has 0 amide bonds. The Morgan fingerprint density at radius 2 is 1.68 bits per heavy atom. The minimum Gasteiger partial charge on any atom is -0.258 e. The van der Waals surface area contributed by atoms with Gasteiger partial charge in [0.1, 0.15) is 0 Å². The molecule has 0 saturated carbocycles. The molecule has 0 unspecified atom stereocenters. The lowest BCUT2D eigenvalue weighted by Gasteiger charge is -2.02. The number of benzene rings is 2. The Morgan fingerprint density at radius 3 is 2.41 bits per heavy atom. The van der Waals surface area contributed by atoms with Crippen molar-refractivity contribution in [3.63, 3.8) is 0 Å². The van der Waals surface area contributed by atoms with Crippen LogP contribution in [0.15, 0.2) is 47.6 Å². The minimum atomic E-state index is 0.627. The van der Waals surface area contributed by atoms with Crippen molar-refractivity contribution in [2.24, 2.45) is 0 Å². The van der Waals surface area contributed by atoms with Crippen molar-refractivity contribution in [2.45, 2.75) is 10.9 Å². The fourth-order valence-corrected chi connectivity index (χ4v) is 3.31. The van der Waals surface area contributed by atoms with E-state index < -0.39 is 0 Å². The summed E-state index contributed by atoms with van der Waals surface area (Å²) in [5.41, 5.74) is 1.93. The third-order valence-corrected chi connectivity index (χ3v) is 4.69. The maximum atomic E-state index is 6.15. The average molecular weight is 371 g/mol. The zero-order chi connectivity index (χ0) is 15.5. The number of thioether (sulfide) groups is 1. The quantitative estimate of drug-likeness (QED) is 0.597. The van der Waals surface area contributed by atoms with Crippen molar-refractivity contribution < 1.29 is 0 Å². The van der Waals surface area contributed by atoms with Crippen LogP contribution in [0, 0.1) is 0 Å². The van der Waals surface area contributed by atoms with Gasteiger partial charge in [0.05, 0.1) is 0 Å². The first-order valence-electron chi connectivity index (χ1n) is 6.37. The lowest BCUT2D eigenvalue weighted by atomic mass is 10.2. The fourth-order valence-electron chi connectivity index (χ4n) is 1.83. The molecule has 1 heterocycles. The standard InChI is InChI=1S/C15H10Cl3N3S/c16-11-4-1-9(2-5-11)14-19-15(21-20-14)22-8-10-3-6-12(17)7-13(10)18/h1-7H,8H2,(H,19,20,21). The number of rotatable bonds is 4. The third-order valence-electron chi connectivity index (χ3n) is 2.95. The van der Waals surface area contributed by atoms with Gasteiger partial charge in [-0.1, -0.05) is 52.6 Å². The summed E-state index contributed by atoms with van der Waals surface area (Å²) in [4.78, 5) is 4.46. The van der Waals surface area contributed by atoms with Crippen LogP contribution in [-0.4, -0.2) is 15.2 Å². The largest absolute Gasteiger partial charge is 0.258 e. The van der Waals surface area contributed by atoms with Crippen LogP contribution in [0.2, 0.25) is 15.1 Å². The molecule has 0 aliphatic heterocycles. The number of nitrogens with one attached hydrogen (secondary N) is 1. The first kappa shape index (κ1) is 15.7. The molecular formula is C15H10Cl3N3S.